The predicted molar refractivity (Wildman–Crippen MR) is 194 cm³/mol. The predicted octanol–water partition coefficient (Wildman–Crippen LogP) is 13.0. The van der Waals surface area contributed by atoms with Crippen molar-refractivity contribution in [3.63, 3.8) is 0 Å². The van der Waals surface area contributed by atoms with Gasteiger partial charge in [0.15, 0.2) is 0 Å². The standard InChI is InChI=1S/C44H43N/c1-44(2,3)35-29-30-42(40(31-35)33-19-9-5-10-20-33)45(36-23-11-6-12-24-36)41-28-14-13-25-38(41)39-27-16-22-34-21-15-26-37(43(34)39)32-17-7-4-8-18-32/h5-6,9-16,19-32H,4,7-8,17-18H2,1-3H3. The first kappa shape index (κ1) is 29.1. The summed E-state index contributed by atoms with van der Waals surface area (Å²) < 4.78 is 0. The smallest absolute Gasteiger partial charge is 0.0540 e. The molecule has 224 valence electrons. The van der Waals surface area contributed by atoms with Crippen molar-refractivity contribution in [1.29, 1.82) is 0 Å². The molecular weight excluding hydrogens is 542 g/mol. The van der Waals surface area contributed by atoms with Crippen LogP contribution in [0, 0.1) is 0 Å². The Morgan fingerprint density at radius 1 is 0.533 bits per heavy atom. The molecule has 1 aliphatic carbocycles. The van der Waals surface area contributed by atoms with Gasteiger partial charge in [-0.1, -0.05) is 149 Å². The second-order valence-corrected chi connectivity index (χ2v) is 13.6. The van der Waals surface area contributed by atoms with Gasteiger partial charge in [0.1, 0.15) is 0 Å². The van der Waals surface area contributed by atoms with Crippen molar-refractivity contribution in [2.24, 2.45) is 0 Å². The van der Waals surface area contributed by atoms with Crippen LogP contribution in [0.25, 0.3) is 33.0 Å². The van der Waals surface area contributed by atoms with Crippen molar-refractivity contribution in [1.82, 2.24) is 0 Å². The summed E-state index contributed by atoms with van der Waals surface area (Å²) in [7, 11) is 0. The molecule has 0 atom stereocenters. The maximum Gasteiger partial charge on any atom is 0.0540 e. The van der Waals surface area contributed by atoms with E-state index in [0.717, 1.165) is 5.69 Å². The van der Waals surface area contributed by atoms with E-state index in [-0.39, 0.29) is 5.41 Å². The van der Waals surface area contributed by atoms with Gasteiger partial charge in [0.25, 0.3) is 0 Å². The molecule has 1 aliphatic rings. The lowest BCUT2D eigenvalue weighted by Gasteiger charge is -2.31. The summed E-state index contributed by atoms with van der Waals surface area (Å²) in [5.74, 6) is 0.621. The van der Waals surface area contributed by atoms with E-state index >= 15 is 0 Å². The minimum atomic E-state index is 0.0377. The molecule has 0 saturated heterocycles. The van der Waals surface area contributed by atoms with E-state index in [1.54, 1.807) is 0 Å². The van der Waals surface area contributed by atoms with Crippen molar-refractivity contribution in [2.75, 3.05) is 4.90 Å². The van der Waals surface area contributed by atoms with Gasteiger partial charge in [-0.2, -0.15) is 0 Å². The number of anilines is 3. The molecular formula is C44H43N. The normalized spacial score (nSPS) is 14.0. The molecule has 0 aromatic heterocycles. The van der Waals surface area contributed by atoms with Crippen molar-refractivity contribution >= 4 is 27.8 Å². The van der Waals surface area contributed by atoms with Gasteiger partial charge in [-0.3, -0.25) is 0 Å². The molecule has 0 heterocycles. The highest BCUT2D eigenvalue weighted by molar-refractivity contribution is 6.04. The van der Waals surface area contributed by atoms with Gasteiger partial charge in [0.05, 0.1) is 11.4 Å². The SMILES string of the molecule is CC(C)(C)c1ccc(N(c2ccccc2)c2ccccc2-c2cccc3cccc(C4CCCCC4)c23)c(-c2ccccc2)c1. The topological polar surface area (TPSA) is 3.24 Å². The largest absolute Gasteiger partial charge is 0.309 e. The summed E-state index contributed by atoms with van der Waals surface area (Å²) in [5.41, 5.74) is 11.4. The van der Waals surface area contributed by atoms with Gasteiger partial charge in [-0.05, 0) is 87.5 Å². The van der Waals surface area contributed by atoms with E-state index in [1.807, 2.05) is 0 Å². The van der Waals surface area contributed by atoms with Crippen molar-refractivity contribution < 1.29 is 0 Å². The molecule has 45 heavy (non-hydrogen) atoms. The molecule has 0 unspecified atom stereocenters. The monoisotopic (exact) mass is 585 g/mol. The highest BCUT2D eigenvalue weighted by Gasteiger charge is 2.25. The Morgan fingerprint density at radius 3 is 1.89 bits per heavy atom. The molecule has 1 nitrogen and oxygen atoms in total. The van der Waals surface area contributed by atoms with Crippen LogP contribution in [-0.2, 0) is 5.41 Å². The number of hydrogen-bond donors (Lipinski definition) is 0. The van der Waals surface area contributed by atoms with Crippen LogP contribution < -0.4 is 4.90 Å². The van der Waals surface area contributed by atoms with Crippen LogP contribution in [0.1, 0.15) is 69.9 Å². The zero-order valence-corrected chi connectivity index (χ0v) is 26.8. The van der Waals surface area contributed by atoms with Gasteiger partial charge in [-0.25, -0.2) is 0 Å². The number of para-hydroxylation sites is 2. The number of rotatable bonds is 6. The van der Waals surface area contributed by atoms with Crippen LogP contribution >= 0.6 is 0 Å². The first-order valence-corrected chi connectivity index (χ1v) is 16.7. The molecule has 1 heteroatoms. The fraction of sp³-hybridized carbons (Fsp3) is 0.227. The molecule has 0 aliphatic heterocycles. The summed E-state index contributed by atoms with van der Waals surface area (Å²) in [4.78, 5) is 2.48. The Morgan fingerprint density at radius 2 is 1.16 bits per heavy atom. The average molecular weight is 586 g/mol. The van der Waals surface area contributed by atoms with E-state index in [1.165, 1.54) is 87.6 Å². The van der Waals surface area contributed by atoms with Crippen LogP contribution in [-0.4, -0.2) is 0 Å². The maximum absolute atomic E-state index is 2.48. The van der Waals surface area contributed by atoms with Gasteiger partial charge in [0, 0.05) is 16.8 Å². The highest BCUT2D eigenvalue weighted by atomic mass is 15.1. The Hall–Kier alpha value is -4.62. The summed E-state index contributed by atoms with van der Waals surface area (Å²) in [6.07, 6.45) is 6.58. The average Bonchev–Trinajstić information content (AvgIpc) is 3.09. The number of hydrogen-bond acceptors (Lipinski definition) is 1. The Kier molecular flexibility index (Phi) is 8.03. The number of benzene rings is 6. The third-order valence-electron chi connectivity index (χ3n) is 9.62. The molecule has 7 rings (SSSR count). The minimum absolute atomic E-state index is 0.0377. The second kappa shape index (κ2) is 12.4. The molecule has 1 saturated carbocycles. The van der Waals surface area contributed by atoms with E-state index in [0.29, 0.717) is 5.92 Å². The van der Waals surface area contributed by atoms with E-state index in [9.17, 15) is 0 Å². The molecule has 6 aromatic rings. The lowest BCUT2D eigenvalue weighted by Crippen LogP contribution is -2.15. The van der Waals surface area contributed by atoms with Crippen LogP contribution in [0.5, 0.6) is 0 Å². The van der Waals surface area contributed by atoms with Crippen LogP contribution in [0.15, 0.2) is 140 Å². The molecule has 6 aromatic carbocycles. The summed E-state index contributed by atoms with van der Waals surface area (Å²) in [6.45, 7) is 6.89. The lowest BCUT2D eigenvalue weighted by molar-refractivity contribution is 0.445. The number of nitrogens with zero attached hydrogens (tertiary/aromatic N) is 1. The number of fused-ring (bicyclic) bond motifs is 1. The first-order chi connectivity index (χ1) is 22.0. The molecule has 0 N–H and O–H groups in total. The molecule has 1 fully saturated rings. The van der Waals surface area contributed by atoms with Gasteiger partial charge < -0.3 is 4.90 Å². The Bertz CT molecular complexity index is 1900. The van der Waals surface area contributed by atoms with Crippen molar-refractivity contribution in [3.8, 4) is 22.3 Å². The fourth-order valence-corrected chi connectivity index (χ4v) is 7.28. The summed E-state index contributed by atoms with van der Waals surface area (Å²) >= 11 is 0. The minimum Gasteiger partial charge on any atom is -0.309 e. The van der Waals surface area contributed by atoms with E-state index in [4.69, 9.17) is 0 Å². The summed E-state index contributed by atoms with van der Waals surface area (Å²) in [5, 5.41) is 2.75. The highest BCUT2D eigenvalue weighted by Crippen LogP contribution is 2.48. The fourth-order valence-electron chi connectivity index (χ4n) is 7.28. The molecule has 0 radical (unpaired) electrons. The second-order valence-electron chi connectivity index (χ2n) is 13.6. The van der Waals surface area contributed by atoms with Gasteiger partial charge in [0.2, 0.25) is 0 Å². The molecule has 0 bridgehead atoms. The molecule has 0 spiro atoms. The van der Waals surface area contributed by atoms with Crippen LogP contribution in [0.2, 0.25) is 0 Å². The quantitative estimate of drug-likeness (QED) is 0.188. The molecule has 0 amide bonds. The third-order valence-corrected chi connectivity index (χ3v) is 9.62. The van der Waals surface area contributed by atoms with Gasteiger partial charge in [-0.15, -0.1) is 0 Å². The third kappa shape index (κ3) is 5.80. The van der Waals surface area contributed by atoms with Crippen LogP contribution in [0.3, 0.4) is 0 Å². The van der Waals surface area contributed by atoms with Crippen LogP contribution in [0.4, 0.5) is 17.1 Å². The first-order valence-electron chi connectivity index (χ1n) is 16.7. The Labute approximate surface area is 269 Å². The van der Waals surface area contributed by atoms with Crippen molar-refractivity contribution in [3.05, 3.63) is 151 Å². The van der Waals surface area contributed by atoms with E-state index in [2.05, 4.69) is 165 Å². The van der Waals surface area contributed by atoms with E-state index < -0.39 is 0 Å². The lowest BCUT2D eigenvalue weighted by atomic mass is 9.80. The zero-order valence-electron chi connectivity index (χ0n) is 26.8. The van der Waals surface area contributed by atoms with Crippen molar-refractivity contribution in [2.45, 2.75) is 64.2 Å². The van der Waals surface area contributed by atoms with Gasteiger partial charge >= 0.3 is 0 Å². The maximum atomic E-state index is 2.48. The Balaban J connectivity index is 1.49. The summed E-state index contributed by atoms with van der Waals surface area (Å²) in [6, 6.07) is 51.6. The zero-order chi connectivity index (χ0) is 30.8.